The van der Waals surface area contributed by atoms with E-state index in [1.165, 1.54) is 0 Å². The molecular weight excluding hydrogens is 678 g/mol. The molecule has 16 heteroatoms. The number of nitrogens with two attached hydrogens (primary N) is 2. The van der Waals surface area contributed by atoms with Gasteiger partial charge in [0.05, 0.1) is 43.1 Å². The summed E-state index contributed by atoms with van der Waals surface area (Å²) in [6.45, 7) is 1.43. The van der Waals surface area contributed by atoms with Crippen LogP contribution in [0.3, 0.4) is 0 Å². The molecule has 276 valence electrons. The fourth-order valence-corrected chi connectivity index (χ4v) is 5.09. The van der Waals surface area contributed by atoms with E-state index in [0.717, 1.165) is 70.9 Å². The summed E-state index contributed by atoms with van der Waals surface area (Å²) < 4.78 is 110. The average Bonchev–Trinajstić information content (AvgIpc) is 3.09. The van der Waals surface area contributed by atoms with Gasteiger partial charge in [-0.15, -0.1) is 0 Å². The van der Waals surface area contributed by atoms with Crippen molar-refractivity contribution in [2.75, 3.05) is 52.1 Å². The van der Waals surface area contributed by atoms with Crippen molar-refractivity contribution in [1.82, 2.24) is 0 Å². The van der Waals surface area contributed by atoms with Gasteiger partial charge in [-0.3, -0.25) is 0 Å². The van der Waals surface area contributed by atoms with Crippen LogP contribution in [0.1, 0.15) is 87.9 Å². The quantitative estimate of drug-likeness (QED) is 0.0968. The van der Waals surface area contributed by atoms with Gasteiger partial charge in [0.2, 0.25) is 0 Å². The second-order valence-electron chi connectivity index (χ2n) is 11.2. The normalized spacial score (nSPS) is 17.8. The van der Waals surface area contributed by atoms with Crippen LogP contribution in [0.4, 0.5) is 37.7 Å². The van der Waals surface area contributed by atoms with Crippen LogP contribution >= 0.6 is 0 Å². The van der Waals surface area contributed by atoms with Crippen molar-refractivity contribution >= 4 is 23.3 Å². The number of alkyl halides is 6. The smallest absolute Gasteiger partial charge is 0.417 e. The van der Waals surface area contributed by atoms with Crippen molar-refractivity contribution in [2.45, 2.75) is 76.3 Å². The molecular formula is C34H40F6N2O8. The van der Waals surface area contributed by atoms with Gasteiger partial charge in [0.1, 0.15) is 6.61 Å². The number of halogens is 6. The minimum Gasteiger partial charge on any atom is -0.465 e. The highest BCUT2D eigenvalue weighted by atomic mass is 19.4. The number of hydrogen-bond acceptors (Lipinski definition) is 10. The molecule has 2 fully saturated rings. The van der Waals surface area contributed by atoms with Crippen LogP contribution in [0, 0.1) is 11.8 Å². The van der Waals surface area contributed by atoms with Crippen molar-refractivity contribution in [1.29, 1.82) is 0 Å². The van der Waals surface area contributed by atoms with Gasteiger partial charge in [-0.05, 0) is 81.2 Å². The molecule has 2 aliphatic rings. The topological polar surface area (TPSA) is 142 Å². The largest absolute Gasteiger partial charge is 0.465 e. The third kappa shape index (κ3) is 12.1. The number of ether oxygens (including phenoxy) is 6. The predicted octanol–water partition coefficient (Wildman–Crippen LogP) is 6.52. The Bertz CT molecular complexity index is 1510. The molecule has 0 spiro atoms. The maximum absolute atomic E-state index is 13.2. The highest BCUT2D eigenvalue weighted by molar-refractivity contribution is 5.96. The number of hydrogen-bond donors (Lipinski definition) is 2. The van der Waals surface area contributed by atoms with Gasteiger partial charge >= 0.3 is 24.3 Å². The summed E-state index contributed by atoms with van der Waals surface area (Å²) in [5, 5.41) is 0. The van der Waals surface area contributed by atoms with Crippen LogP contribution in [0.25, 0.3) is 0 Å². The highest BCUT2D eigenvalue weighted by Crippen LogP contribution is 2.36. The molecule has 2 atom stereocenters. The van der Waals surface area contributed by atoms with Crippen LogP contribution in [0.2, 0.25) is 0 Å². The molecule has 4 rings (SSSR count). The lowest BCUT2D eigenvalue weighted by Crippen LogP contribution is -2.23. The summed E-state index contributed by atoms with van der Waals surface area (Å²) in [6, 6.07) is 3.60. The summed E-state index contributed by atoms with van der Waals surface area (Å²) in [4.78, 5) is 23.3. The van der Waals surface area contributed by atoms with Gasteiger partial charge in [-0.2, -0.15) is 26.3 Å². The maximum atomic E-state index is 13.2. The Labute approximate surface area is 285 Å². The van der Waals surface area contributed by atoms with Crippen molar-refractivity contribution in [2.24, 2.45) is 0 Å². The fraction of sp³-hybridized carbons (Fsp3) is 0.529. The Hall–Kier alpha value is -4.04. The molecule has 0 aliphatic carbocycles. The van der Waals surface area contributed by atoms with Crippen molar-refractivity contribution in [3.63, 3.8) is 0 Å². The first-order chi connectivity index (χ1) is 23.6. The average molecular weight is 719 g/mol. The molecule has 4 N–H and O–H groups in total. The van der Waals surface area contributed by atoms with E-state index in [-0.39, 0.29) is 65.8 Å². The maximum Gasteiger partial charge on any atom is 0.417 e. The van der Waals surface area contributed by atoms with Crippen molar-refractivity contribution < 1.29 is 64.4 Å². The first kappa shape index (κ1) is 40.4. The molecule has 2 heterocycles. The molecule has 0 saturated carbocycles. The van der Waals surface area contributed by atoms with E-state index in [1.807, 2.05) is 0 Å². The lowest BCUT2D eigenvalue weighted by molar-refractivity contribution is -0.162. The van der Waals surface area contributed by atoms with Gasteiger partial charge in [-0.1, -0.05) is 11.8 Å². The molecule has 2 aliphatic heterocycles. The number of rotatable bonds is 9. The van der Waals surface area contributed by atoms with Crippen LogP contribution in [-0.2, 0) is 47.2 Å². The van der Waals surface area contributed by atoms with E-state index in [0.29, 0.717) is 25.7 Å². The third-order valence-corrected chi connectivity index (χ3v) is 7.62. The summed E-state index contributed by atoms with van der Waals surface area (Å²) >= 11 is 0. The molecule has 50 heavy (non-hydrogen) atoms. The van der Waals surface area contributed by atoms with E-state index in [1.54, 1.807) is 0 Å². The zero-order chi connectivity index (χ0) is 36.9. The van der Waals surface area contributed by atoms with Gasteiger partial charge in [0.25, 0.3) is 0 Å². The number of benzene rings is 2. The summed E-state index contributed by atoms with van der Waals surface area (Å²) in [6.07, 6.45) is -3.94. The van der Waals surface area contributed by atoms with E-state index >= 15 is 0 Å². The highest BCUT2D eigenvalue weighted by Gasteiger charge is 2.35. The first-order valence-corrected chi connectivity index (χ1v) is 15.8. The number of methoxy groups -OCH3 is 2. The molecule has 10 nitrogen and oxygen atoms in total. The molecule has 2 saturated heterocycles. The SMILES string of the molecule is COC(=O)c1cc(C#CCOC2CCCCO2)c(C(F)(F)F)cc1N.COC(=O)c1cc(CCCOC2CCCCO2)c(C(F)(F)F)cc1N. The Morgan fingerprint density at radius 2 is 1.30 bits per heavy atom. The number of carbonyl (C=O) groups is 2. The molecule has 2 aromatic carbocycles. The van der Waals surface area contributed by atoms with Gasteiger partial charge in [-0.25, -0.2) is 9.59 Å². The number of carbonyl (C=O) groups excluding carboxylic acids is 2. The minimum atomic E-state index is -4.65. The summed E-state index contributed by atoms with van der Waals surface area (Å²) in [5.74, 6) is 3.32. The Balaban J connectivity index is 0.000000270. The number of esters is 2. The van der Waals surface area contributed by atoms with Crippen molar-refractivity contribution in [3.05, 3.63) is 57.6 Å². The summed E-state index contributed by atoms with van der Waals surface area (Å²) in [7, 11) is 2.26. The summed E-state index contributed by atoms with van der Waals surface area (Å²) in [5.41, 5.74) is 8.06. The lowest BCUT2D eigenvalue weighted by atomic mass is 9.98. The molecule has 0 aromatic heterocycles. The second-order valence-corrected chi connectivity index (χ2v) is 11.2. The standard InChI is InChI=1S/C17H22F3NO4.C17H18F3NO4/c2*1-23-16(22)12-9-11(13(10-14(12)21)17(18,19)20)5-4-8-25-15-6-2-3-7-24-15/h9-10,15H,2-8,21H2,1H3;9-10,15H,2-3,6-8,21H2,1H3. The Kier molecular flexibility index (Phi) is 15.2. The monoisotopic (exact) mass is 718 g/mol. The fourth-order valence-electron chi connectivity index (χ4n) is 5.09. The van der Waals surface area contributed by atoms with E-state index in [9.17, 15) is 35.9 Å². The van der Waals surface area contributed by atoms with Gasteiger partial charge in [0.15, 0.2) is 12.6 Å². The molecule has 0 radical (unpaired) electrons. The van der Waals surface area contributed by atoms with Crippen LogP contribution in [0.5, 0.6) is 0 Å². The molecule has 0 bridgehead atoms. The van der Waals surface area contributed by atoms with Gasteiger partial charge < -0.3 is 39.9 Å². The number of nitrogen functional groups attached to an aromatic ring is 2. The minimum absolute atomic E-state index is 0.00439. The number of anilines is 2. The van der Waals surface area contributed by atoms with E-state index in [2.05, 4.69) is 21.3 Å². The van der Waals surface area contributed by atoms with Crippen LogP contribution < -0.4 is 11.5 Å². The third-order valence-electron chi connectivity index (χ3n) is 7.62. The van der Waals surface area contributed by atoms with Crippen LogP contribution in [-0.4, -0.2) is 65.2 Å². The second kappa shape index (κ2) is 18.8. The predicted molar refractivity (Wildman–Crippen MR) is 169 cm³/mol. The van der Waals surface area contributed by atoms with Crippen LogP contribution in [0.15, 0.2) is 24.3 Å². The first-order valence-electron chi connectivity index (χ1n) is 15.8. The lowest BCUT2D eigenvalue weighted by Gasteiger charge is -2.22. The molecule has 0 amide bonds. The zero-order valence-corrected chi connectivity index (χ0v) is 27.6. The Morgan fingerprint density at radius 1 is 0.780 bits per heavy atom. The Morgan fingerprint density at radius 3 is 1.80 bits per heavy atom. The van der Waals surface area contributed by atoms with E-state index in [4.69, 9.17) is 30.4 Å². The van der Waals surface area contributed by atoms with Crippen molar-refractivity contribution in [3.8, 4) is 11.8 Å². The number of aryl methyl sites for hydroxylation is 1. The zero-order valence-electron chi connectivity index (χ0n) is 27.6. The van der Waals surface area contributed by atoms with E-state index < -0.39 is 35.4 Å². The molecule has 2 unspecified atom stereocenters. The van der Waals surface area contributed by atoms with Gasteiger partial charge in [0, 0.05) is 30.2 Å². The molecule has 2 aromatic rings.